The van der Waals surface area contributed by atoms with Crippen LogP contribution in [0.2, 0.25) is 5.02 Å². The second-order valence-corrected chi connectivity index (χ2v) is 7.40. The van der Waals surface area contributed by atoms with Crippen molar-refractivity contribution >= 4 is 17.5 Å². The molecule has 0 unspecified atom stereocenters. The van der Waals surface area contributed by atoms with E-state index >= 15 is 0 Å². The Kier molecular flexibility index (Phi) is 4.47. The summed E-state index contributed by atoms with van der Waals surface area (Å²) >= 11 is 5.96. The minimum Gasteiger partial charge on any atom is -0.377 e. The molecule has 2 aliphatic rings. The number of hydrogen-bond acceptors (Lipinski definition) is 3. The zero-order valence-corrected chi connectivity index (χ0v) is 15.1. The molecule has 1 aliphatic carbocycles. The average Bonchev–Trinajstić information content (AvgIpc) is 3.24. The molecule has 0 spiro atoms. The molecule has 1 fully saturated rings. The number of benzene rings is 1. The zero-order valence-electron chi connectivity index (χ0n) is 14.4. The number of amides is 1. The summed E-state index contributed by atoms with van der Waals surface area (Å²) in [6.07, 6.45) is 3.81. The predicted molar refractivity (Wildman–Crippen MR) is 99.0 cm³/mol. The maximum Gasteiger partial charge on any atom is 0.274 e. The molecule has 0 radical (unpaired) electrons. The number of piperidine rings is 1. The SMILES string of the molecule is O=C(c1n[nH]c2c1CCC2)N1CCC(O)(C#Cc2cccc(Cl)c2)CC1. The van der Waals surface area contributed by atoms with Crippen molar-refractivity contribution in [1.82, 2.24) is 15.1 Å². The van der Waals surface area contributed by atoms with Crippen LogP contribution < -0.4 is 0 Å². The molecule has 0 saturated carbocycles. The highest BCUT2D eigenvalue weighted by molar-refractivity contribution is 6.30. The van der Waals surface area contributed by atoms with Crippen LogP contribution in [0.1, 0.15) is 46.6 Å². The van der Waals surface area contributed by atoms with Crippen LogP contribution in [0.4, 0.5) is 0 Å². The van der Waals surface area contributed by atoms with Gasteiger partial charge in [-0.2, -0.15) is 5.10 Å². The van der Waals surface area contributed by atoms with Crippen molar-refractivity contribution in [2.75, 3.05) is 13.1 Å². The van der Waals surface area contributed by atoms with E-state index in [1.165, 1.54) is 0 Å². The van der Waals surface area contributed by atoms with Crippen molar-refractivity contribution in [2.45, 2.75) is 37.7 Å². The Balaban J connectivity index is 1.43. The van der Waals surface area contributed by atoms with Crippen molar-refractivity contribution in [3.8, 4) is 11.8 Å². The zero-order chi connectivity index (χ0) is 18.1. The number of carbonyl (C=O) groups excluding carboxylic acids is 1. The molecule has 2 N–H and O–H groups in total. The summed E-state index contributed by atoms with van der Waals surface area (Å²) < 4.78 is 0. The van der Waals surface area contributed by atoms with Gasteiger partial charge < -0.3 is 10.0 Å². The van der Waals surface area contributed by atoms with E-state index in [0.29, 0.717) is 36.6 Å². The first kappa shape index (κ1) is 17.1. The molecule has 4 rings (SSSR count). The molecule has 1 aromatic heterocycles. The maximum atomic E-state index is 12.8. The first-order valence-corrected chi connectivity index (χ1v) is 9.28. The van der Waals surface area contributed by atoms with E-state index in [1.54, 1.807) is 17.0 Å². The van der Waals surface area contributed by atoms with Gasteiger partial charge in [0.2, 0.25) is 0 Å². The molecule has 5 nitrogen and oxygen atoms in total. The third-order valence-corrected chi connectivity index (χ3v) is 5.39. The summed E-state index contributed by atoms with van der Waals surface area (Å²) in [4.78, 5) is 14.5. The highest BCUT2D eigenvalue weighted by atomic mass is 35.5. The maximum absolute atomic E-state index is 12.8. The Morgan fingerprint density at radius 2 is 2.12 bits per heavy atom. The third kappa shape index (κ3) is 3.35. The van der Waals surface area contributed by atoms with Gasteiger partial charge in [-0.1, -0.05) is 29.5 Å². The molecular formula is C20H20ClN3O2. The fourth-order valence-corrected chi connectivity index (χ4v) is 3.80. The molecule has 2 heterocycles. The van der Waals surface area contributed by atoms with Gasteiger partial charge in [0, 0.05) is 47.8 Å². The summed E-state index contributed by atoms with van der Waals surface area (Å²) in [6.45, 7) is 0.947. The highest BCUT2D eigenvalue weighted by Gasteiger charge is 2.34. The van der Waals surface area contributed by atoms with Crippen LogP contribution in [0.5, 0.6) is 0 Å². The second kappa shape index (κ2) is 6.79. The number of nitrogens with zero attached hydrogens (tertiary/aromatic N) is 2. The number of nitrogens with one attached hydrogen (secondary N) is 1. The summed E-state index contributed by atoms with van der Waals surface area (Å²) in [7, 11) is 0. The number of hydrogen-bond donors (Lipinski definition) is 2. The van der Waals surface area contributed by atoms with Crippen LogP contribution >= 0.6 is 11.6 Å². The summed E-state index contributed by atoms with van der Waals surface area (Å²) in [5.41, 5.74) is 2.40. The number of halogens is 1. The number of likely N-dealkylation sites (tertiary alicyclic amines) is 1. The van der Waals surface area contributed by atoms with Crippen LogP contribution in [0.15, 0.2) is 24.3 Å². The third-order valence-electron chi connectivity index (χ3n) is 5.15. The fraction of sp³-hybridized carbons (Fsp3) is 0.400. The Bertz CT molecular complexity index is 901. The Labute approximate surface area is 157 Å². The van der Waals surface area contributed by atoms with Gasteiger partial charge in [0.25, 0.3) is 5.91 Å². The number of aryl methyl sites for hydroxylation is 1. The molecule has 26 heavy (non-hydrogen) atoms. The molecule has 1 aromatic carbocycles. The van der Waals surface area contributed by atoms with Crippen LogP contribution in [-0.2, 0) is 12.8 Å². The van der Waals surface area contributed by atoms with Crippen molar-refractivity contribution < 1.29 is 9.90 Å². The first-order valence-electron chi connectivity index (χ1n) is 8.91. The Morgan fingerprint density at radius 3 is 2.88 bits per heavy atom. The van der Waals surface area contributed by atoms with E-state index < -0.39 is 5.60 Å². The summed E-state index contributed by atoms with van der Waals surface area (Å²) in [6, 6.07) is 7.26. The van der Waals surface area contributed by atoms with Crippen LogP contribution in [0, 0.1) is 11.8 Å². The van der Waals surface area contributed by atoms with Gasteiger partial charge in [-0.05, 0) is 37.5 Å². The lowest BCUT2D eigenvalue weighted by molar-refractivity contribution is 0.0245. The molecule has 0 bridgehead atoms. The predicted octanol–water partition coefficient (Wildman–Crippen LogP) is 2.57. The lowest BCUT2D eigenvalue weighted by Crippen LogP contribution is -2.46. The Hall–Kier alpha value is -2.29. The van der Waals surface area contributed by atoms with Gasteiger partial charge in [-0.15, -0.1) is 0 Å². The number of fused-ring (bicyclic) bond motifs is 1. The summed E-state index contributed by atoms with van der Waals surface area (Å²) in [5, 5.41) is 18.5. The Morgan fingerprint density at radius 1 is 1.31 bits per heavy atom. The molecule has 6 heteroatoms. The first-order chi connectivity index (χ1) is 12.5. The van der Waals surface area contributed by atoms with Gasteiger partial charge in [0.15, 0.2) is 5.69 Å². The van der Waals surface area contributed by atoms with Gasteiger partial charge in [0.1, 0.15) is 5.60 Å². The second-order valence-electron chi connectivity index (χ2n) is 6.97. The van der Waals surface area contributed by atoms with Gasteiger partial charge >= 0.3 is 0 Å². The van der Waals surface area contributed by atoms with Gasteiger partial charge in [-0.3, -0.25) is 9.89 Å². The largest absolute Gasteiger partial charge is 0.377 e. The van der Waals surface area contributed by atoms with E-state index in [9.17, 15) is 9.90 Å². The molecule has 1 aliphatic heterocycles. The van der Waals surface area contributed by atoms with Crippen LogP contribution in [0.25, 0.3) is 0 Å². The topological polar surface area (TPSA) is 69.2 Å². The van der Waals surface area contributed by atoms with Gasteiger partial charge in [0.05, 0.1) is 0 Å². The molecule has 1 amide bonds. The lowest BCUT2D eigenvalue weighted by atomic mass is 9.91. The molecule has 2 aromatic rings. The standard InChI is InChI=1S/C20H20ClN3O2/c21-15-4-1-3-14(13-15)7-8-20(26)9-11-24(12-10-20)19(25)18-16-5-2-6-17(16)22-23-18/h1,3-4,13,26H,2,5-6,9-12H2,(H,22,23). The van der Waals surface area contributed by atoms with Crippen LogP contribution in [-0.4, -0.2) is 44.8 Å². The molecule has 1 saturated heterocycles. The van der Waals surface area contributed by atoms with E-state index in [2.05, 4.69) is 22.0 Å². The van der Waals surface area contributed by atoms with E-state index in [4.69, 9.17) is 11.6 Å². The quantitative estimate of drug-likeness (QED) is 0.759. The minimum atomic E-state index is -1.08. The fourth-order valence-electron chi connectivity index (χ4n) is 3.61. The van der Waals surface area contributed by atoms with Crippen LogP contribution in [0.3, 0.4) is 0 Å². The number of rotatable bonds is 1. The van der Waals surface area contributed by atoms with E-state index in [1.807, 2.05) is 12.1 Å². The van der Waals surface area contributed by atoms with Crippen molar-refractivity contribution in [3.05, 3.63) is 51.8 Å². The number of aliphatic hydroxyl groups is 1. The summed E-state index contributed by atoms with van der Waals surface area (Å²) in [5.74, 6) is 5.91. The van der Waals surface area contributed by atoms with E-state index in [0.717, 1.165) is 36.1 Å². The monoisotopic (exact) mass is 369 g/mol. The molecular weight excluding hydrogens is 350 g/mol. The number of aromatic nitrogens is 2. The lowest BCUT2D eigenvalue weighted by Gasteiger charge is -2.34. The highest BCUT2D eigenvalue weighted by Crippen LogP contribution is 2.27. The number of carbonyl (C=O) groups is 1. The van der Waals surface area contributed by atoms with Gasteiger partial charge in [-0.25, -0.2) is 0 Å². The number of H-pyrrole nitrogens is 1. The normalized spacial score (nSPS) is 18.2. The smallest absolute Gasteiger partial charge is 0.274 e. The molecule has 0 atom stereocenters. The molecule has 134 valence electrons. The van der Waals surface area contributed by atoms with Crippen molar-refractivity contribution in [1.29, 1.82) is 0 Å². The van der Waals surface area contributed by atoms with Crippen molar-refractivity contribution in [3.63, 3.8) is 0 Å². The number of aromatic amines is 1. The minimum absolute atomic E-state index is 0.0470. The van der Waals surface area contributed by atoms with Crippen molar-refractivity contribution in [2.24, 2.45) is 0 Å². The average molecular weight is 370 g/mol. The van der Waals surface area contributed by atoms with E-state index in [-0.39, 0.29) is 5.91 Å².